The summed E-state index contributed by atoms with van der Waals surface area (Å²) in [4.78, 5) is 21.2. The molecule has 0 bridgehead atoms. The van der Waals surface area contributed by atoms with Crippen molar-refractivity contribution >= 4 is 39.0 Å². The molecule has 2 aromatic heterocycles. The van der Waals surface area contributed by atoms with Gasteiger partial charge in [-0.05, 0) is 29.3 Å². The zero-order valence-electron chi connectivity index (χ0n) is 15.0. The first kappa shape index (κ1) is 17.9. The smallest absolute Gasteiger partial charge is 0.309 e. The fraction of sp³-hybridized carbons (Fsp3) is 0.0952. The lowest BCUT2D eigenvalue weighted by Gasteiger charge is -2.06. The van der Waals surface area contributed by atoms with Crippen molar-refractivity contribution in [1.29, 1.82) is 0 Å². The largest absolute Gasteiger partial charge is 0.508 e. The van der Waals surface area contributed by atoms with E-state index in [-0.39, 0.29) is 18.1 Å². The van der Waals surface area contributed by atoms with Crippen molar-refractivity contribution in [2.24, 2.45) is 0 Å². The van der Waals surface area contributed by atoms with Gasteiger partial charge in [0.2, 0.25) is 0 Å². The number of anilines is 2. The number of aromatic nitrogens is 2. The molecule has 0 amide bonds. The van der Waals surface area contributed by atoms with Crippen LogP contribution >= 0.6 is 11.3 Å². The first-order valence-electron chi connectivity index (χ1n) is 8.59. The summed E-state index contributed by atoms with van der Waals surface area (Å²) in [6, 6.07) is 16.7. The van der Waals surface area contributed by atoms with Crippen molar-refractivity contribution in [1.82, 2.24) is 9.97 Å². The second kappa shape index (κ2) is 7.66. The molecule has 0 unspecified atom stereocenters. The van der Waals surface area contributed by atoms with E-state index in [0.717, 1.165) is 31.9 Å². The number of carbonyl (C=O) groups excluding carboxylic acids is 1. The van der Waals surface area contributed by atoms with Gasteiger partial charge >= 0.3 is 5.97 Å². The number of phenols is 1. The van der Waals surface area contributed by atoms with Crippen LogP contribution in [0.15, 0.2) is 60.9 Å². The molecule has 4 aromatic rings. The summed E-state index contributed by atoms with van der Waals surface area (Å²) in [5, 5.41) is 12.9. The highest BCUT2D eigenvalue weighted by atomic mass is 32.1. The van der Waals surface area contributed by atoms with Gasteiger partial charge in [-0.2, -0.15) is 0 Å². The van der Waals surface area contributed by atoms with E-state index in [1.165, 1.54) is 13.4 Å². The number of nitrogens with zero attached hydrogens (tertiary/aromatic N) is 2. The fourth-order valence-corrected chi connectivity index (χ4v) is 3.89. The van der Waals surface area contributed by atoms with Crippen molar-refractivity contribution in [3.05, 3.63) is 66.5 Å². The summed E-state index contributed by atoms with van der Waals surface area (Å²) < 4.78 is 5.63. The van der Waals surface area contributed by atoms with E-state index < -0.39 is 0 Å². The van der Waals surface area contributed by atoms with Crippen LogP contribution < -0.4 is 5.32 Å². The van der Waals surface area contributed by atoms with Crippen LogP contribution in [0.1, 0.15) is 5.56 Å². The summed E-state index contributed by atoms with van der Waals surface area (Å²) in [6.45, 7) is 0. The minimum absolute atomic E-state index is 0.189. The molecule has 2 heterocycles. The molecule has 0 saturated carbocycles. The number of hydrogen-bond donors (Lipinski definition) is 2. The molecule has 0 atom stereocenters. The van der Waals surface area contributed by atoms with Crippen LogP contribution in [0.4, 0.5) is 11.5 Å². The monoisotopic (exact) mass is 391 g/mol. The lowest BCUT2D eigenvalue weighted by atomic mass is 10.1. The first-order chi connectivity index (χ1) is 13.6. The molecule has 4 rings (SSSR count). The Hall–Kier alpha value is -3.45. The van der Waals surface area contributed by atoms with Gasteiger partial charge in [0.1, 0.15) is 12.1 Å². The number of rotatable bonds is 5. The molecule has 0 aliphatic rings. The van der Waals surface area contributed by atoms with Gasteiger partial charge < -0.3 is 15.2 Å². The number of nitrogens with one attached hydrogen (secondary N) is 1. The van der Waals surface area contributed by atoms with E-state index in [1.807, 2.05) is 36.4 Å². The number of aromatic hydroxyl groups is 1. The molecule has 0 fully saturated rings. The van der Waals surface area contributed by atoms with Crippen LogP contribution in [-0.4, -0.2) is 28.2 Å². The normalized spacial score (nSPS) is 10.8. The third kappa shape index (κ3) is 3.79. The van der Waals surface area contributed by atoms with E-state index >= 15 is 0 Å². The Kier molecular flexibility index (Phi) is 4.90. The Bertz CT molecular complexity index is 1140. The van der Waals surface area contributed by atoms with Crippen molar-refractivity contribution in [2.75, 3.05) is 12.4 Å². The summed E-state index contributed by atoms with van der Waals surface area (Å²) >= 11 is 1.58. The first-order valence-corrected chi connectivity index (χ1v) is 9.41. The van der Waals surface area contributed by atoms with Gasteiger partial charge in [0.05, 0.1) is 23.7 Å². The van der Waals surface area contributed by atoms with Crippen LogP contribution in [0, 0.1) is 0 Å². The van der Waals surface area contributed by atoms with Crippen molar-refractivity contribution in [2.45, 2.75) is 6.42 Å². The molecule has 2 aromatic carbocycles. The van der Waals surface area contributed by atoms with Crippen LogP contribution in [-0.2, 0) is 16.0 Å². The number of esters is 1. The standard InChI is InChI=1S/C21H17N3O3S/c1-27-19(26)9-13-5-7-14(8-6-13)18-11-17-20(28-18)21(23-12-22-17)24-15-3-2-4-16(25)10-15/h2-8,10-12,25H,9H2,1H3,(H,22,23,24). The summed E-state index contributed by atoms with van der Waals surface area (Å²) in [7, 11) is 1.39. The lowest BCUT2D eigenvalue weighted by molar-refractivity contribution is -0.139. The zero-order valence-corrected chi connectivity index (χ0v) is 15.9. The molecular weight excluding hydrogens is 374 g/mol. The molecule has 0 spiro atoms. The average Bonchev–Trinajstić information content (AvgIpc) is 3.14. The molecule has 0 aliphatic heterocycles. The Morgan fingerprint density at radius 3 is 2.71 bits per heavy atom. The molecule has 2 N–H and O–H groups in total. The maximum Gasteiger partial charge on any atom is 0.309 e. The number of ether oxygens (including phenoxy) is 1. The predicted molar refractivity (Wildman–Crippen MR) is 110 cm³/mol. The molecule has 6 nitrogen and oxygen atoms in total. The molecule has 28 heavy (non-hydrogen) atoms. The predicted octanol–water partition coefficient (Wildman–Crippen LogP) is 4.52. The van der Waals surface area contributed by atoms with Crippen LogP contribution in [0.5, 0.6) is 5.75 Å². The second-order valence-corrected chi connectivity index (χ2v) is 7.22. The van der Waals surface area contributed by atoms with Gasteiger partial charge in [-0.15, -0.1) is 11.3 Å². The van der Waals surface area contributed by atoms with Gasteiger partial charge in [-0.25, -0.2) is 9.97 Å². The Morgan fingerprint density at radius 1 is 1.14 bits per heavy atom. The highest BCUT2D eigenvalue weighted by molar-refractivity contribution is 7.22. The topological polar surface area (TPSA) is 84.3 Å². The maximum absolute atomic E-state index is 11.4. The fourth-order valence-electron chi connectivity index (χ4n) is 2.83. The third-order valence-corrected chi connectivity index (χ3v) is 5.41. The van der Waals surface area contributed by atoms with Crippen molar-refractivity contribution in [3.63, 3.8) is 0 Å². The van der Waals surface area contributed by atoms with Crippen molar-refractivity contribution < 1.29 is 14.6 Å². The molecule has 0 aliphatic carbocycles. The summed E-state index contributed by atoms with van der Waals surface area (Å²) in [5.41, 5.74) is 3.54. The SMILES string of the molecule is COC(=O)Cc1ccc(-c2cc3ncnc(Nc4cccc(O)c4)c3s2)cc1. The van der Waals surface area contributed by atoms with Gasteiger partial charge in [-0.1, -0.05) is 30.3 Å². The number of carbonyl (C=O) groups is 1. The lowest BCUT2D eigenvalue weighted by Crippen LogP contribution is -2.03. The van der Waals surface area contributed by atoms with E-state index in [4.69, 9.17) is 4.74 Å². The summed E-state index contributed by atoms with van der Waals surface area (Å²) in [5.74, 6) is 0.621. The quantitative estimate of drug-likeness (QED) is 0.487. The Balaban J connectivity index is 1.64. The number of phenolic OH excluding ortho intramolecular Hbond substituents is 1. The number of hydrogen-bond acceptors (Lipinski definition) is 7. The van der Waals surface area contributed by atoms with Gasteiger partial charge in [0.25, 0.3) is 0 Å². The average molecular weight is 391 g/mol. The van der Waals surface area contributed by atoms with Crippen LogP contribution in [0.3, 0.4) is 0 Å². The molecule has 0 saturated heterocycles. The number of fused-ring (bicyclic) bond motifs is 1. The highest BCUT2D eigenvalue weighted by Crippen LogP contribution is 2.36. The highest BCUT2D eigenvalue weighted by Gasteiger charge is 2.11. The Labute approximate surface area is 165 Å². The van der Waals surface area contributed by atoms with E-state index in [1.54, 1.807) is 29.5 Å². The second-order valence-electron chi connectivity index (χ2n) is 6.17. The van der Waals surface area contributed by atoms with Crippen LogP contribution in [0.2, 0.25) is 0 Å². The minimum Gasteiger partial charge on any atom is -0.508 e. The van der Waals surface area contributed by atoms with Gasteiger partial charge in [-0.3, -0.25) is 4.79 Å². The van der Waals surface area contributed by atoms with Crippen molar-refractivity contribution in [3.8, 4) is 16.2 Å². The van der Waals surface area contributed by atoms with Crippen LogP contribution in [0.25, 0.3) is 20.7 Å². The molecule has 7 heteroatoms. The number of methoxy groups -OCH3 is 1. The molecule has 0 radical (unpaired) electrons. The van der Waals surface area contributed by atoms with E-state index in [9.17, 15) is 9.90 Å². The zero-order chi connectivity index (χ0) is 19.5. The molecule has 140 valence electrons. The minimum atomic E-state index is -0.257. The van der Waals surface area contributed by atoms with E-state index in [2.05, 4.69) is 15.3 Å². The van der Waals surface area contributed by atoms with Gasteiger partial charge in [0.15, 0.2) is 5.82 Å². The third-order valence-electron chi connectivity index (χ3n) is 4.23. The molecular formula is C21H17N3O3S. The summed E-state index contributed by atoms with van der Waals surface area (Å²) in [6.07, 6.45) is 1.77. The maximum atomic E-state index is 11.4. The Morgan fingerprint density at radius 2 is 1.96 bits per heavy atom. The van der Waals surface area contributed by atoms with E-state index in [0.29, 0.717) is 5.82 Å². The number of thiophene rings is 1. The van der Waals surface area contributed by atoms with Gasteiger partial charge in [0, 0.05) is 16.6 Å². The number of benzene rings is 2.